The highest BCUT2D eigenvalue weighted by Crippen LogP contribution is 2.53. The molecule has 3 fully saturated rings. The first-order chi connectivity index (χ1) is 15.4. The summed E-state index contributed by atoms with van der Waals surface area (Å²) < 4.78 is 5.37. The number of hydrogen-bond acceptors (Lipinski definition) is 5. The number of piperazine rings is 1. The Morgan fingerprint density at radius 1 is 1.12 bits per heavy atom. The van der Waals surface area contributed by atoms with Crippen molar-refractivity contribution in [3.63, 3.8) is 0 Å². The number of aliphatic hydroxyl groups is 1. The first-order valence-corrected chi connectivity index (χ1v) is 11.6. The first kappa shape index (κ1) is 22.6. The molecule has 0 bridgehead atoms. The summed E-state index contributed by atoms with van der Waals surface area (Å²) in [6.07, 6.45) is 3.08. The molecule has 0 aromatic heterocycles. The Morgan fingerprint density at radius 3 is 2.56 bits per heavy atom. The van der Waals surface area contributed by atoms with E-state index in [-0.39, 0.29) is 23.8 Å². The average Bonchev–Trinajstić information content (AvgIpc) is 3.58. The third kappa shape index (κ3) is 4.90. The SMILES string of the molecule is C[C@H]1C(=O)N(CCCC(=O)N2CCC3(CC3)[C@H](O)C2)CCN1C(=O)OCc1ccccc1. The zero-order valence-electron chi connectivity index (χ0n) is 18.7. The van der Waals surface area contributed by atoms with Gasteiger partial charge in [-0.1, -0.05) is 30.3 Å². The van der Waals surface area contributed by atoms with Gasteiger partial charge in [-0.05, 0) is 43.6 Å². The molecule has 1 aromatic rings. The maximum atomic E-state index is 12.8. The minimum absolute atomic E-state index is 0.0446. The van der Waals surface area contributed by atoms with E-state index in [0.29, 0.717) is 39.0 Å². The van der Waals surface area contributed by atoms with Gasteiger partial charge in [-0.15, -0.1) is 0 Å². The maximum absolute atomic E-state index is 12.8. The van der Waals surface area contributed by atoms with Crippen molar-refractivity contribution in [1.29, 1.82) is 0 Å². The summed E-state index contributed by atoms with van der Waals surface area (Å²) in [4.78, 5) is 42.7. The van der Waals surface area contributed by atoms with Crippen molar-refractivity contribution in [2.75, 3.05) is 32.7 Å². The van der Waals surface area contributed by atoms with E-state index in [0.717, 1.165) is 31.4 Å². The van der Waals surface area contributed by atoms with Crippen LogP contribution in [0.4, 0.5) is 4.79 Å². The molecule has 174 valence electrons. The second-order valence-electron chi connectivity index (χ2n) is 9.31. The molecule has 1 spiro atoms. The monoisotopic (exact) mass is 443 g/mol. The minimum Gasteiger partial charge on any atom is -0.445 e. The number of benzene rings is 1. The van der Waals surface area contributed by atoms with Gasteiger partial charge < -0.3 is 19.6 Å². The minimum atomic E-state index is -0.588. The van der Waals surface area contributed by atoms with Gasteiger partial charge in [0.25, 0.3) is 0 Å². The Hall–Kier alpha value is -2.61. The van der Waals surface area contributed by atoms with E-state index >= 15 is 0 Å². The van der Waals surface area contributed by atoms with Crippen LogP contribution in [0, 0.1) is 5.41 Å². The maximum Gasteiger partial charge on any atom is 0.410 e. The Kier molecular flexibility index (Phi) is 6.69. The van der Waals surface area contributed by atoms with E-state index in [4.69, 9.17) is 4.74 Å². The molecule has 0 radical (unpaired) electrons. The van der Waals surface area contributed by atoms with Crippen LogP contribution in [-0.4, -0.2) is 82.6 Å². The molecule has 0 unspecified atom stereocenters. The average molecular weight is 444 g/mol. The number of likely N-dealkylation sites (tertiary alicyclic amines) is 1. The lowest BCUT2D eigenvalue weighted by atomic mass is 9.90. The van der Waals surface area contributed by atoms with Crippen LogP contribution < -0.4 is 0 Å². The van der Waals surface area contributed by atoms with E-state index in [9.17, 15) is 19.5 Å². The molecule has 1 saturated carbocycles. The van der Waals surface area contributed by atoms with Crippen molar-refractivity contribution in [1.82, 2.24) is 14.7 Å². The summed E-state index contributed by atoms with van der Waals surface area (Å²) in [7, 11) is 0. The predicted octanol–water partition coefficient (Wildman–Crippen LogP) is 2.01. The summed E-state index contributed by atoms with van der Waals surface area (Å²) >= 11 is 0. The fourth-order valence-corrected chi connectivity index (χ4v) is 4.77. The number of β-amino-alcohol motifs (C(OH)–C–C–N with tert-alkyl or cyclic N) is 1. The number of rotatable bonds is 6. The molecule has 8 heteroatoms. The van der Waals surface area contributed by atoms with Crippen LogP contribution in [0.25, 0.3) is 0 Å². The summed E-state index contributed by atoms with van der Waals surface area (Å²) in [6.45, 7) is 4.37. The van der Waals surface area contributed by atoms with Gasteiger partial charge in [0.15, 0.2) is 0 Å². The van der Waals surface area contributed by atoms with Gasteiger partial charge in [0.2, 0.25) is 11.8 Å². The highest BCUT2D eigenvalue weighted by atomic mass is 16.6. The summed E-state index contributed by atoms with van der Waals surface area (Å²) in [6, 6.07) is 8.85. The summed E-state index contributed by atoms with van der Waals surface area (Å²) in [5.74, 6) is -0.0763. The molecule has 3 amide bonds. The lowest BCUT2D eigenvalue weighted by Gasteiger charge is -2.38. The molecular weight excluding hydrogens is 410 g/mol. The number of carbonyl (C=O) groups excluding carboxylic acids is 3. The van der Waals surface area contributed by atoms with Crippen molar-refractivity contribution in [2.24, 2.45) is 5.41 Å². The van der Waals surface area contributed by atoms with Gasteiger partial charge in [0, 0.05) is 39.1 Å². The number of piperidine rings is 1. The Bertz CT molecular complexity index is 841. The number of carbonyl (C=O) groups is 3. The fraction of sp³-hybridized carbons (Fsp3) is 0.625. The van der Waals surface area contributed by atoms with E-state index in [1.165, 1.54) is 4.90 Å². The van der Waals surface area contributed by atoms with Crippen molar-refractivity contribution in [3.05, 3.63) is 35.9 Å². The molecule has 32 heavy (non-hydrogen) atoms. The Morgan fingerprint density at radius 2 is 1.88 bits per heavy atom. The molecule has 4 rings (SSSR count). The van der Waals surface area contributed by atoms with Crippen LogP contribution in [0.1, 0.15) is 44.6 Å². The predicted molar refractivity (Wildman–Crippen MR) is 117 cm³/mol. The third-order valence-electron chi connectivity index (χ3n) is 7.23. The molecule has 1 aliphatic carbocycles. The molecular formula is C24H33N3O5. The van der Waals surface area contributed by atoms with E-state index in [1.54, 1.807) is 16.7 Å². The van der Waals surface area contributed by atoms with Gasteiger partial charge >= 0.3 is 6.09 Å². The zero-order valence-corrected chi connectivity index (χ0v) is 18.7. The van der Waals surface area contributed by atoms with Crippen LogP contribution in [0.5, 0.6) is 0 Å². The van der Waals surface area contributed by atoms with Gasteiger partial charge in [-0.3, -0.25) is 14.5 Å². The standard InChI is InChI=1S/C24H33N3O5/c1-18-22(30)25(14-15-27(18)23(31)32-17-19-6-3-2-4-7-19)12-5-8-21(29)26-13-11-24(9-10-24)20(28)16-26/h2-4,6-7,18,20,28H,5,8-17H2,1H3/t18-,20+/m0/s1. The van der Waals surface area contributed by atoms with Crippen molar-refractivity contribution in [3.8, 4) is 0 Å². The summed E-state index contributed by atoms with van der Waals surface area (Å²) in [5.41, 5.74) is 0.984. The number of nitrogens with zero attached hydrogens (tertiary/aromatic N) is 3. The van der Waals surface area contributed by atoms with Crippen molar-refractivity contribution < 1.29 is 24.2 Å². The van der Waals surface area contributed by atoms with E-state index in [2.05, 4.69) is 0 Å². The first-order valence-electron chi connectivity index (χ1n) is 11.6. The molecule has 1 aromatic carbocycles. The highest BCUT2D eigenvalue weighted by Gasteiger charge is 2.51. The molecule has 2 atom stereocenters. The largest absolute Gasteiger partial charge is 0.445 e. The van der Waals surface area contributed by atoms with Gasteiger partial charge in [0.1, 0.15) is 12.6 Å². The molecule has 3 aliphatic rings. The smallest absolute Gasteiger partial charge is 0.410 e. The van der Waals surface area contributed by atoms with E-state index in [1.807, 2.05) is 30.3 Å². The number of ether oxygens (including phenoxy) is 1. The normalized spacial score (nSPS) is 24.6. The second-order valence-corrected chi connectivity index (χ2v) is 9.31. The van der Waals surface area contributed by atoms with Gasteiger partial charge in [-0.2, -0.15) is 0 Å². The molecule has 2 saturated heterocycles. The van der Waals surface area contributed by atoms with Crippen LogP contribution in [-0.2, 0) is 20.9 Å². The van der Waals surface area contributed by atoms with Crippen LogP contribution in [0.3, 0.4) is 0 Å². The van der Waals surface area contributed by atoms with Crippen molar-refractivity contribution >= 4 is 17.9 Å². The van der Waals surface area contributed by atoms with Crippen LogP contribution >= 0.6 is 0 Å². The zero-order chi connectivity index (χ0) is 22.7. The topological polar surface area (TPSA) is 90.4 Å². The highest BCUT2D eigenvalue weighted by molar-refractivity contribution is 5.86. The quantitative estimate of drug-likeness (QED) is 0.726. The number of amides is 3. The Balaban J connectivity index is 1.18. The number of hydrogen-bond donors (Lipinski definition) is 1. The fourth-order valence-electron chi connectivity index (χ4n) is 4.77. The third-order valence-corrected chi connectivity index (χ3v) is 7.23. The molecule has 8 nitrogen and oxygen atoms in total. The lowest BCUT2D eigenvalue weighted by molar-refractivity contribution is -0.141. The number of aliphatic hydroxyl groups excluding tert-OH is 1. The van der Waals surface area contributed by atoms with Crippen LogP contribution in [0.15, 0.2) is 30.3 Å². The van der Waals surface area contributed by atoms with Crippen molar-refractivity contribution in [2.45, 2.75) is 57.8 Å². The summed E-state index contributed by atoms with van der Waals surface area (Å²) in [5, 5.41) is 10.3. The van der Waals surface area contributed by atoms with Gasteiger partial charge in [-0.25, -0.2) is 4.79 Å². The Labute approximate surface area is 189 Å². The molecule has 2 heterocycles. The lowest BCUT2D eigenvalue weighted by Crippen LogP contribution is -2.57. The van der Waals surface area contributed by atoms with Crippen LogP contribution in [0.2, 0.25) is 0 Å². The second kappa shape index (κ2) is 9.48. The van der Waals surface area contributed by atoms with Gasteiger partial charge in [0.05, 0.1) is 6.10 Å². The van der Waals surface area contributed by atoms with E-state index < -0.39 is 18.2 Å². The molecule has 1 N–H and O–H groups in total. The molecule has 2 aliphatic heterocycles.